The first-order valence-corrected chi connectivity index (χ1v) is 17.5. The molecule has 0 nitrogen and oxygen atoms in total. The zero-order valence-corrected chi connectivity index (χ0v) is 25.2. The van der Waals surface area contributed by atoms with E-state index < -0.39 is 22.9 Å². The molecular weight excluding hydrogens is 653 g/mol. The van der Waals surface area contributed by atoms with Crippen molar-refractivity contribution in [1.29, 1.82) is 0 Å². The van der Waals surface area contributed by atoms with Crippen LogP contribution in [0.15, 0.2) is 102 Å². The number of hydrogen-bond acceptors (Lipinski definition) is 0. The number of benzene rings is 4. The van der Waals surface area contributed by atoms with Gasteiger partial charge < -0.3 is 24.8 Å². The smallest absolute Gasteiger partial charge is 1.00 e. The molecule has 4 aromatic rings. The van der Waals surface area contributed by atoms with Crippen molar-refractivity contribution < 1.29 is 47.7 Å². The maximum absolute atomic E-state index is 2.59. The van der Waals surface area contributed by atoms with E-state index in [9.17, 15) is 0 Å². The second-order valence-corrected chi connectivity index (χ2v) is 16.7. The Hall–Kier alpha value is -1.76. The van der Waals surface area contributed by atoms with Gasteiger partial charge in [0.15, 0.2) is 0 Å². The molecule has 0 radical (unpaired) electrons. The van der Waals surface area contributed by atoms with E-state index in [1.54, 1.807) is 21.7 Å². The van der Waals surface area contributed by atoms with E-state index in [1.807, 2.05) is 0 Å². The molecule has 0 aromatic heterocycles. The Labute approximate surface area is 232 Å². The third-order valence-corrected chi connectivity index (χ3v) is 17.0. The minimum absolute atomic E-state index is 0. The molecule has 4 heteroatoms. The molecule has 2 aliphatic carbocycles. The summed E-state index contributed by atoms with van der Waals surface area (Å²) in [6, 6.07) is 34.0. The molecule has 4 aromatic carbocycles. The first-order valence-electron chi connectivity index (χ1n) is 11.6. The van der Waals surface area contributed by atoms with E-state index >= 15 is 0 Å². The van der Waals surface area contributed by atoms with Gasteiger partial charge in [0.1, 0.15) is 0 Å². The maximum Gasteiger partial charge on any atom is -1.00 e. The first kappa shape index (κ1) is 24.9. The Morgan fingerprint density at radius 2 is 1.34 bits per heavy atom. The van der Waals surface area contributed by atoms with E-state index in [2.05, 4.69) is 116 Å². The second kappa shape index (κ2) is 9.95. The van der Waals surface area contributed by atoms with Crippen LogP contribution in [-0.4, -0.2) is 6.66 Å². The van der Waals surface area contributed by atoms with Crippen LogP contribution in [0.25, 0.3) is 34.4 Å². The molecule has 35 heavy (non-hydrogen) atoms. The van der Waals surface area contributed by atoms with Crippen molar-refractivity contribution in [2.24, 2.45) is 0 Å². The van der Waals surface area contributed by atoms with E-state index in [-0.39, 0.29) is 32.7 Å². The summed E-state index contributed by atoms with van der Waals surface area (Å²) in [6.45, 7) is 2.50. The summed E-state index contributed by atoms with van der Waals surface area (Å²) in [7, 11) is -0.281. The van der Waals surface area contributed by atoms with Gasteiger partial charge in [0.25, 0.3) is 0 Å². The number of halogens is 2. The van der Waals surface area contributed by atoms with Crippen LogP contribution in [0.1, 0.15) is 29.6 Å². The normalized spacial score (nSPS) is 19.9. The van der Waals surface area contributed by atoms with Gasteiger partial charge in [0.05, 0.1) is 0 Å². The predicted octanol–water partition coefficient (Wildman–Crippen LogP) is 2.03. The Bertz CT molecular complexity index is 1470. The molecule has 1 heterocycles. The summed E-state index contributed by atoms with van der Waals surface area (Å²) >= 11 is -1.11. The maximum atomic E-state index is 2.59. The monoisotopic (exact) mass is 676 g/mol. The zero-order chi connectivity index (χ0) is 21.9. The number of allylic oxidation sites excluding steroid dienone is 2. The topological polar surface area (TPSA) is 0 Å². The number of fused-ring (bicyclic) bond motifs is 3. The Morgan fingerprint density at radius 3 is 2.17 bits per heavy atom. The van der Waals surface area contributed by atoms with E-state index in [1.165, 1.54) is 33.4 Å². The first-order chi connectivity index (χ1) is 16.3. The Kier molecular flexibility index (Phi) is 7.08. The van der Waals surface area contributed by atoms with Crippen LogP contribution >= 0.6 is 7.92 Å². The molecular formula is C31H23Cl2HfP. The summed E-state index contributed by atoms with van der Waals surface area (Å²) in [4.78, 5) is 0. The molecule has 0 amide bonds. The van der Waals surface area contributed by atoms with Crippen molar-refractivity contribution in [3.05, 3.63) is 125 Å². The minimum atomic E-state index is -1.11. The Balaban J connectivity index is 0.00000127. The largest absolute Gasteiger partial charge is 1.00 e. The van der Waals surface area contributed by atoms with E-state index in [0.717, 1.165) is 0 Å². The summed E-state index contributed by atoms with van der Waals surface area (Å²) in [5, 5.41) is 3.30. The van der Waals surface area contributed by atoms with Crippen molar-refractivity contribution in [3.8, 4) is 22.3 Å². The van der Waals surface area contributed by atoms with Crippen molar-refractivity contribution in [3.63, 3.8) is 0 Å². The van der Waals surface area contributed by atoms with Crippen molar-refractivity contribution in [2.75, 3.05) is 6.66 Å². The molecule has 1 aliphatic heterocycles. The summed E-state index contributed by atoms with van der Waals surface area (Å²) in [6.07, 6.45) is 7.55. The van der Waals surface area contributed by atoms with E-state index in [0.29, 0.717) is 7.35 Å². The number of rotatable bonds is 3. The second-order valence-electron chi connectivity index (χ2n) is 9.06. The third-order valence-electron chi connectivity index (χ3n) is 7.34. The van der Waals surface area contributed by atoms with Crippen LogP contribution in [0.3, 0.4) is 0 Å². The van der Waals surface area contributed by atoms with Gasteiger partial charge in [-0.05, 0) is 0 Å². The quantitative estimate of drug-likeness (QED) is 0.231. The average molecular weight is 676 g/mol. The van der Waals surface area contributed by atoms with Gasteiger partial charge in [0.2, 0.25) is 0 Å². The van der Waals surface area contributed by atoms with Gasteiger partial charge in [-0.1, -0.05) is 0 Å². The Morgan fingerprint density at radius 1 is 0.657 bits per heavy atom. The molecule has 0 saturated carbocycles. The fourth-order valence-corrected chi connectivity index (χ4v) is 16.5. The van der Waals surface area contributed by atoms with E-state index in [4.69, 9.17) is 0 Å². The van der Waals surface area contributed by atoms with Crippen LogP contribution in [0.4, 0.5) is 0 Å². The SMILES string of the molecule is CP1C2=Cc3c(cccc3[CH]2[Hf+2][CH]2C=Cc3c(-c4ccccc4)cccc32)-c2ccccc21.[Cl-].[Cl-]. The average Bonchev–Trinajstić information content (AvgIpc) is 3.42. The van der Waals surface area contributed by atoms with Crippen molar-refractivity contribution in [2.45, 2.75) is 7.35 Å². The third kappa shape index (κ3) is 3.96. The summed E-state index contributed by atoms with van der Waals surface area (Å²) in [5.74, 6) is 0. The number of hydrogen-bond donors (Lipinski definition) is 0. The van der Waals surface area contributed by atoms with Gasteiger partial charge in [-0.25, -0.2) is 0 Å². The van der Waals surface area contributed by atoms with Gasteiger partial charge >= 0.3 is 209 Å². The fourth-order valence-electron chi connectivity index (χ4n) is 5.75. The van der Waals surface area contributed by atoms with Gasteiger partial charge in [-0.2, -0.15) is 0 Å². The van der Waals surface area contributed by atoms with Gasteiger partial charge in [-0.3, -0.25) is 0 Å². The summed E-state index contributed by atoms with van der Waals surface area (Å²) in [5.41, 5.74) is 11.8. The molecule has 0 fully saturated rings. The van der Waals surface area contributed by atoms with Crippen LogP contribution in [0.2, 0.25) is 0 Å². The summed E-state index contributed by atoms with van der Waals surface area (Å²) < 4.78 is 1.36. The zero-order valence-electron chi connectivity index (χ0n) is 19.3. The van der Waals surface area contributed by atoms with Crippen molar-refractivity contribution >= 4 is 25.4 Å². The van der Waals surface area contributed by atoms with Crippen molar-refractivity contribution in [1.82, 2.24) is 0 Å². The molecule has 0 N–H and O–H groups in total. The van der Waals surface area contributed by atoms with Gasteiger partial charge in [-0.15, -0.1) is 0 Å². The molecule has 3 aliphatic rings. The van der Waals surface area contributed by atoms with Crippen LogP contribution in [-0.2, 0) is 22.9 Å². The molecule has 3 atom stereocenters. The molecule has 0 saturated heterocycles. The molecule has 3 unspecified atom stereocenters. The van der Waals surface area contributed by atoms with Crippen LogP contribution < -0.4 is 30.1 Å². The van der Waals surface area contributed by atoms with Crippen LogP contribution in [0, 0.1) is 0 Å². The molecule has 7 rings (SSSR count). The minimum Gasteiger partial charge on any atom is -1.00 e. The van der Waals surface area contributed by atoms with Crippen LogP contribution in [0.5, 0.6) is 0 Å². The molecule has 2 bridgehead atoms. The molecule has 0 spiro atoms. The predicted molar refractivity (Wildman–Crippen MR) is 139 cm³/mol. The van der Waals surface area contributed by atoms with Gasteiger partial charge in [0, 0.05) is 0 Å². The molecule has 170 valence electrons. The fraction of sp³-hybridized carbons (Fsp3) is 0.0968. The standard InChI is InChI=1S/C16H12P.C15H11.2ClH.Hf/c1-17-12-9-11-5-4-7-13(15(11)10-12)14-6-2-3-8-16(14)17;1-2-6-12(7-3-1)14-10-4-8-13-9-5-11-15(13)14;;;/h2-10H,1H3;1-11H;2*1H;/q;;;;+2/p-2.